The molecule has 2 aromatic carbocycles. The van der Waals surface area contributed by atoms with Crippen LogP contribution in [-0.4, -0.2) is 37.4 Å². The van der Waals surface area contributed by atoms with Gasteiger partial charge >= 0.3 is 0 Å². The van der Waals surface area contributed by atoms with Gasteiger partial charge in [0.15, 0.2) is 0 Å². The molecule has 0 aliphatic carbocycles. The third-order valence-electron chi connectivity index (χ3n) is 4.55. The molecule has 1 aliphatic rings. The minimum absolute atomic E-state index is 0.272. The second-order valence-corrected chi connectivity index (χ2v) is 6.58. The van der Waals surface area contributed by atoms with E-state index in [0.717, 1.165) is 5.56 Å². The molecular weight excluding hydrogens is 346 g/mol. The van der Waals surface area contributed by atoms with Crippen molar-refractivity contribution >= 4 is 29.1 Å². The summed E-state index contributed by atoms with van der Waals surface area (Å²) in [6.45, 7) is 3.35. The van der Waals surface area contributed by atoms with Crippen LogP contribution in [0.3, 0.4) is 0 Å². The first-order valence-electron chi connectivity index (χ1n) is 8.47. The quantitative estimate of drug-likeness (QED) is 0.814. The minimum atomic E-state index is -1.72. The highest BCUT2D eigenvalue weighted by molar-refractivity contribution is 6.19. The highest BCUT2D eigenvalue weighted by Gasteiger charge is 2.49. The minimum Gasteiger partial charge on any atom is -0.465 e. The average molecular weight is 367 g/mol. The van der Waals surface area contributed by atoms with Crippen LogP contribution in [0.25, 0.3) is 0 Å². The van der Waals surface area contributed by atoms with E-state index in [4.69, 9.17) is 4.74 Å². The van der Waals surface area contributed by atoms with Gasteiger partial charge in [0.2, 0.25) is 0 Å². The number of amides is 3. The van der Waals surface area contributed by atoms with Crippen LogP contribution < -0.4 is 20.3 Å². The van der Waals surface area contributed by atoms with E-state index >= 15 is 0 Å². The van der Waals surface area contributed by atoms with Crippen LogP contribution in [0.1, 0.15) is 22.8 Å². The predicted octanol–water partition coefficient (Wildman–Crippen LogP) is 2.11. The zero-order valence-electron chi connectivity index (χ0n) is 15.6. The third kappa shape index (κ3) is 3.23. The summed E-state index contributed by atoms with van der Waals surface area (Å²) in [7, 11) is 3.14. The van der Waals surface area contributed by atoms with Gasteiger partial charge in [-0.15, -0.1) is 0 Å². The van der Waals surface area contributed by atoms with Gasteiger partial charge in [-0.05, 0) is 49.7 Å². The highest BCUT2D eigenvalue weighted by Crippen LogP contribution is 2.38. The van der Waals surface area contributed by atoms with Crippen molar-refractivity contribution in [3.63, 3.8) is 0 Å². The maximum absolute atomic E-state index is 12.9. The Balaban J connectivity index is 1.89. The lowest BCUT2D eigenvalue weighted by atomic mass is 9.99. The Morgan fingerprint density at radius 3 is 2.59 bits per heavy atom. The van der Waals surface area contributed by atoms with E-state index in [9.17, 15) is 14.4 Å². The number of nitrogens with one attached hydrogen (secondary N) is 2. The molecule has 27 heavy (non-hydrogen) atoms. The van der Waals surface area contributed by atoms with Crippen LogP contribution in [0.15, 0.2) is 42.5 Å². The molecular formula is C20H21N3O4. The van der Waals surface area contributed by atoms with E-state index < -0.39 is 17.4 Å². The summed E-state index contributed by atoms with van der Waals surface area (Å²) >= 11 is 0. The molecule has 3 rings (SSSR count). The molecule has 1 unspecified atom stereocenters. The first-order chi connectivity index (χ1) is 12.8. The standard InChI is InChI=1S/C20H21N3O4/c1-12-8-9-16-15(10-12)23(4)19(26)20(2,27-16)18(25)22-14-7-5-6-13(11-14)17(24)21-3/h5-11H,1-4H3,(H,21,24)(H,22,25). The molecule has 3 amide bonds. The van der Waals surface area contributed by atoms with Crippen molar-refractivity contribution in [2.45, 2.75) is 19.4 Å². The zero-order chi connectivity index (χ0) is 19.8. The fourth-order valence-electron chi connectivity index (χ4n) is 2.95. The summed E-state index contributed by atoms with van der Waals surface area (Å²) < 4.78 is 5.81. The molecule has 0 aromatic heterocycles. The van der Waals surface area contributed by atoms with Crippen molar-refractivity contribution < 1.29 is 19.1 Å². The number of anilines is 2. The van der Waals surface area contributed by atoms with Gasteiger partial charge in [-0.25, -0.2) is 0 Å². The van der Waals surface area contributed by atoms with Gasteiger partial charge in [0.05, 0.1) is 5.69 Å². The Bertz CT molecular complexity index is 941. The lowest BCUT2D eigenvalue weighted by molar-refractivity contribution is -0.144. The third-order valence-corrected chi connectivity index (χ3v) is 4.55. The van der Waals surface area contributed by atoms with E-state index in [2.05, 4.69) is 10.6 Å². The molecule has 7 heteroatoms. The summed E-state index contributed by atoms with van der Waals surface area (Å²) in [5.74, 6) is -0.897. The van der Waals surface area contributed by atoms with Crippen LogP contribution in [0, 0.1) is 6.92 Å². The first kappa shape index (κ1) is 18.4. The van der Waals surface area contributed by atoms with Crippen molar-refractivity contribution in [1.82, 2.24) is 5.32 Å². The fourth-order valence-corrected chi connectivity index (χ4v) is 2.95. The van der Waals surface area contributed by atoms with Gasteiger partial charge in [-0.3, -0.25) is 14.4 Å². The number of nitrogens with zero attached hydrogens (tertiary/aromatic N) is 1. The monoisotopic (exact) mass is 367 g/mol. The molecule has 140 valence electrons. The number of hydrogen-bond donors (Lipinski definition) is 2. The maximum atomic E-state index is 12.9. The number of benzene rings is 2. The number of likely N-dealkylation sites (N-methyl/N-ethyl adjacent to an activating group) is 1. The van der Waals surface area contributed by atoms with E-state index in [-0.39, 0.29) is 5.91 Å². The molecule has 1 atom stereocenters. The molecule has 7 nitrogen and oxygen atoms in total. The number of carbonyl (C=O) groups excluding carboxylic acids is 3. The molecule has 2 aromatic rings. The van der Waals surface area contributed by atoms with Gasteiger partial charge in [0.1, 0.15) is 5.75 Å². The van der Waals surface area contributed by atoms with E-state index in [0.29, 0.717) is 22.7 Å². The summed E-state index contributed by atoms with van der Waals surface area (Å²) in [4.78, 5) is 38.9. The molecule has 1 aliphatic heterocycles. The van der Waals surface area contributed by atoms with Crippen molar-refractivity contribution in [1.29, 1.82) is 0 Å². The van der Waals surface area contributed by atoms with Gasteiger partial charge in [0.25, 0.3) is 23.3 Å². The van der Waals surface area contributed by atoms with Gasteiger partial charge in [-0.2, -0.15) is 0 Å². The van der Waals surface area contributed by atoms with Crippen LogP contribution in [-0.2, 0) is 9.59 Å². The van der Waals surface area contributed by atoms with Crippen LogP contribution in [0.4, 0.5) is 11.4 Å². The Kier molecular flexibility index (Phi) is 4.61. The van der Waals surface area contributed by atoms with Crippen LogP contribution in [0.2, 0.25) is 0 Å². The molecule has 0 spiro atoms. The maximum Gasteiger partial charge on any atom is 0.280 e. The zero-order valence-corrected chi connectivity index (χ0v) is 15.6. The molecule has 0 radical (unpaired) electrons. The Morgan fingerprint density at radius 1 is 1.15 bits per heavy atom. The van der Waals surface area contributed by atoms with Crippen LogP contribution >= 0.6 is 0 Å². The Morgan fingerprint density at radius 2 is 1.89 bits per heavy atom. The summed E-state index contributed by atoms with van der Waals surface area (Å²) in [5.41, 5.74) is 0.674. The molecule has 0 saturated heterocycles. The SMILES string of the molecule is CNC(=O)c1cccc(NC(=O)C2(C)Oc3ccc(C)cc3N(C)C2=O)c1. The number of rotatable bonds is 3. The van der Waals surface area contributed by atoms with E-state index in [1.54, 1.807) is 31.3 Å². The Hall–Kier alpha value is -3.35. The highest BCUT2D eigenvalue weighted by atomic mass is 16.5. The number of carbonyl (C=O) groups is 3. The smallest absolute Gasteiger partial charge is 0.280 e. The second kappa shape index (κ2) is 6.75. The first-order valence-corrected chi connectivity index (χ1v) is 8.47. The molecule has 0 saturated carbocycles. The molecule has 1 heterocycles. The van der Waals surface area contributed by atoms with Gasteiger partial charge < -0.3 is 20.3 Å². The van der Waals surface area contributed by atoms with E-state index in [1.807, 2.05) is 19.1 Å². The number of hydrogen-bond acceptors (Lipinski definition) is 4. The van der Waals surface area contributed by atoms with Gasteiger partial charge in [-0.1, -0.05) is 12.1 Å². The largest absolute Gasteiger partial charge is 0.465 e. The lowest BCUT2D eigenvalue weighted by Crippen LogP contribution is -2.59. The average Bonchev–Trinajstić information content (AvgIpc) is 2.66. The topological polar surface area (TPSA) is 87.7 Å². The normalized spacial score (nSPS) is 18.4. The second-order valence-electron chi connectivity index (χ2n) is 6.58. The van der Waals surface area contributed by atoms with Crippen LogP contribution in [0.5, 0.6) is 5.75 Å². The molecule has 0 bridgehead atoms. The summed E-state index contributed by atoms with van der Waals surface area (Å²) in [6.07, 6.45) is 0. The summed E-state index contributed by atoms with van der Waals surface area (Å²) in [6, 6.07) is 11.9. The Labute approximate surface area is 157 Å². The number of fused-ring (bicyclic) bond motifs is 1. The number of ether oxygens (including phenoxy) is 1. The van der Waals surface area contributed by atoms with Gasteiger partial charge in [0, 0.05) is 25.3 Å². The van der Waals surface area contributed by atoms with E-state index in [1.165, 1.54) is 24.9 Å². The lowest BCUT2D eigenvalue weighted by Gasteiger charge is -2.38. The number of aryl methyl sites for hydroxylation is 1. The fraction of sp³-hybridized carbons (Fsp3) is 0.250. The van der Waals surface area contributed by atoms with Crippen molar-refractivity contribution in [2.24, 2.45) is 0 Å². The molecule has 0 fully saturated rings. The summed E-state index contributed by atoms with van der Waals surface area (Å²) in [5, 5.41) is 5.20. The van der Waals surface area contributed by atoms with Crippen molar-refractivity contribution in [2.75, 3.05) is 24.3 Å². The van der Waals surface area contributed by atoms with Crippen molar-refractivity contribution in [3.05, 3.63) is 53.6 Å². The van der Waals surface area contributed by atoms with Crippen molar-refractivity contribution in [3.8, 4) is 5.75 Å². The molecule has 2 N–H and O–H groups in total. The predicted molar refractivity (Wildman–Crippen MR) is 102 cm³/mol.